The van der Waals surface area contributed by atoms with Crippen molar-refractivity contribution in [3.63, 3.8) is 0 Å². The van der Waals surface area contributed by atoms with E-state index in [0.717, 1.165) is 12.8 Å². The zero-order chi connectivity index (χ0) is 14.0. The van der Waals surface area contributed by atoms with Crippen molar-refractivity contribution in [3.8, 4) is 0 Å². The number of carbonyl (C=O) groups is 1. The van der Waals surface area contributed by atoms with Gasteiger partial charge in [-0.15, -0.1) is 5.10 Å². The van der Waals surface area contributed by atoms with Crippen LogP contribution in [-0.2, 0) is 17.9 Å². The van der Waals surface area contributed by atoms with Gasteiger partial charge in [0.2, 0.25) is 0 Å². The number of hydrogen-bond acceptors (Lipinski definition) is 5. The minimum atomic E-state index is -0.754. The number of carboxylic acid groups (broad SMARTS) is 1. The molecule has 8 nitrogen and oxygen atoms in total. The molecule has 0 atom stereocenters. The van der Waals surface area contributed by atoms with E-state index in [2.05, 4.69) is 20.6 Å². The summed E-state index contributed by atoms with van der Waals surface area (Å²) in [4.78, 5) is 11.6. The van der Waals surface area contributed by atoms with Crippen LogP contribution in [-0.4, -0.2) is 41.1 Å². The van der Waals surface area contributed by atoms with Gasteiger partial charge in [0.15, 0.2) is 5.82 Å². The minimum Gasteiger partial charge on any atom is -0.481 e. The summed E-state index contributed by atoms with van der Waals surface area (Å²) < 4.78 is 3.31. The maximum Gasteiger partial charge on any atom is 0.311 e. The van der Waals surface area contributed by atoms with Crippen molar-refractivity contribution < 1.29 is 9.90 Å². The minimum absolute atomic E-state index is 0.325. The quantitative estimate of drug-likeness (QED) is 0.856. The molecule has 2 heterocycles. The van der Waals surface area contributed by atoms with Gasteiger partial charge >= 0.3 is 5.97 Å². The Morgan fingerprint density at radius 2 is 2.20 bits per heavy atom. The summed E-state index contributed by atoms with van der Waals surface area (Å²) in [5.41, 5.74) is -0.728. The molecule has 0 unspecified atom stereocenters. The van der Waals surface area contributed by atoms with Crippen LogP contribution in [0.1, 0.15) is 31.5 Å². The van der Waals surface area contributed by atoms with Gasteiger partial charge in [0, 0.05) is 12.4 Å². The van der Waals surface area contributed by atoms with Crippen molar-refractivity contribution in [2.45, 2.75) is 38.8 Å². The zero-order valence-corrected chi connectivity index (χ0v) is 11.0. The van der Waals surface area contributed by atoms with Gasteiger partial charge in [-0.3, -0.25) is 9.48 Å². The van der Waals surface area contributed by atoms with E-state index < -0.39 is 11.4 Å². The smallest absolute Gasteiger partial charge is 0.311 e. The topological polar surface area (TPSA) is 98.7 Å². The molecule has 1 aliphatic rings. The third kappa shape index (κ3) is 2.28. The first-order valence-electron chi connectivity index (χ1n) is 6.65. The van der Waals surface area contributed by atoms with Gasteiger partial charge in [-0.05, 0) is 29.3 Å². The first kappa shape index (κ1) is 12.8. The lowest BCUT2D eigenvalue weighted by molar-refractivity contribution is -0.149. The summed E-state index contributed by atoms with van der Waals surface area (Å²) >= 11 is 0. The monoisotopic (exact) mass is 276 g/mol. The Morgan fingerprint density at radius 1 is 1.40 bits per heavy atom. The van der Waals surface area contributed by atoms with Crippen molar-refractivity contribution in [2.24, 2.45) is 5.41 Å². The number of nitrogens with zero attached hydrogens (tertiary/aromatic N) is 6. The van der Waals surface area contributed by atoms with E-state index in [1.807, 2.05) is 12.3 Å². The van der Waals surface area contributed by atoms with Gasteiger partial charge in [0.05, 0.1) is 12.0 Å². The second-order valence-corrected chi connectivity index (χ2v) is 5.25. The molecule has 0 spiro atoms. The first-order chi connectivity index (χ1) is 9.70. The van der Waals surface area contributed by atoms with Crippen LogP contribution >= 0.6 is 0 Å². The van der Waals surface area contributed by atoms with E-state index in [4.69, 9.17) is 0 Å². The summed E-state index contributed by atoms with van der Waals surface area (Å²) in [5, 5.41) is 25.2. The summed E-state index contributed by atoms with van der Waals surface area (Å²) in [6.07, 6.45) is 6.77. The van der Waals surface area contributed by atoms with Crippen LogP contribution in [0.2, 0.25) is 0 Å². The summed E-state index contributed by atoms with van der Waals surface area (Å²) in [7, 11) is 0. The predicted octanol–water partition coefficient (Wildman–Crippen LogP) is 0.563. The molecule has 0 radical (unpaired) electrons. The number of rotatable bonds is 5. The fraction of sp³-hybridized carbons (Fsp3) is 0.583. The number of aromatic nitrogens is 6. The van der Waals surface area contributed by atoms with Gasteiger partial charge in [-0.2, -0.15) is 5.10 Å². The predicted molar refractivity (Wildman–Crippen MR) is 67.7 cm³/mol. The molecule has 0 amide bonds. The Bertz CT molecular complexity index is 585. The second-order valence-electron chi connectivity index (χ2n) is 5.25. The molecule has 2 aromatic heterocycles. The Labute approximate surface area is 115 Å². The van der Waals surface area contributed by atoms with Gasteiger partial charge in [-0.25, -0.2) is 4.68 Å². The lowest BCUT2D eigenvalue weighted by Crippen LogP contribution is -2.34. The molecule has 0 aliphatic heterocycles. The van der Waals surface area contributed by atoms with E-state index in [9.17, 15) is 9.90 Å². The third-order valence-corrected chi connectivity index (χ3v) is 3.94. The number of aliphatic carboxylic acids is 1. The SMILES string of the molecule is O=C(O)C1(Cn2nnnc2Cn2cccn2)CCCC1. The normalized spacial score (nSPS) is 17.4. The van der Waals surface area contributed by atoms with Crippen LogP contribution in [0.25, 0.3) is 0 Å². The number of hydrogen-bond donors (Lipinski definition) is 1. The van der Waals surface area contributed by atoms with Crippen LogP contribution < -0.4 is 0 Å². The number of tetrazole rings is 1. The molecule has 1 fully saturated rings. The highest BCUT2D eigenvalue weighted by atomic mass is 16.4. The molecular weight excluding hydrogens is 260 g/mol. The molecule has 1 aliphatic carbocycles. The van der Waals surface area contributed by atoms with Gasteiger partial charge in [0.25, 0.3) is 0 Å². The molecule has 1 N–H and O–H groups in total. The van der Waals surface area contributed by atoms with Gasteiger partial charge in [-0.1, -0.05) is 12.8 Å². The van der Waals surface area contributed by atoms with Gasteiger partial charge < -0.3 is 5.11 Å². The van der Waals surface area contributed by atoms with E-state index in [0.29, 0.717) is 31.8 Å². The van der Waals surface area contributed by atoms with Crippen molar-refractivity contribution in [2.75, 3.05) is 0 Å². The Balaban J connectivity index is 1.81. The lowest BCUT2D eigenvalue weighted by Gasteiger charge is -2.23. The molecule has 20 heavy (non-hydrogen) atoms. The molecule has 106 valence electrons. The van der Waals surface area contributed by atoms with Crippen LogP contribution in [0.3, 0.4) is 0 Å². The maximum absolute atomic E-state index is 11.6. The van der Waals surface area contributed by atoms with Crippen LogP contribution in [0, 0.1) is 5.41 Å². The van der Waals surface area contributed by atoms with Crippen molar-refractivity contribution in [1.29, 1.82) is 0 Å². The fourth-order valence-electron chi connectivity index (χ4n) is 2.78. The van der Waals surface area contributed by atoms with E-state index >= 15 is 0 Å². The van der Waals surface area contributed by atoms with Crippen LogP contribution in [0.4, 0.5) is 0 Å². The van der Waals surface area contributed by atoms with Crippen molar-refractivity contribution in [3.05, 3.63) is 24.3 Å². The molecule has 0 bridgehead atoms. The van der Waals surface area contributed by atoms with Crippen LogP contribution in [0.15, 0.2) is 18.5 Å². The van der Waals surface area contributed by atoms with Gasteiger partial charge in [0.1, 0.15) is 6.54 Å². The van der Waals surface area contributed by atoms with E-state index in [-0.39, 0.29) is 0 Å². The van der Waals surface area contributed by atoms with Crippen molar-refractivity contribution in [1.82, 2.24) is 30.0 Å². The largest absolute Gasteiger partial charge is 0.481 e. The molecule has 2 aromatic rings. The van der Waals surface area contributed by atoms with E-state index in [1.165, 1.54) is 0 Å². The lowest BCUT2D eigenvalue weighted by atomic mass is 9.86. The average molecular weight is 276 g/mol. The summed E-state index contributed by atoms with van der Waals surface area (Å²) in [6.45, 7) is 0.766. The molecule has 0 aromatic carbocycles. The highest BCUT2D eigenvalue weighted by Crippen LogP contribution is 2.39. The Kier molecular flexibility index (Phi) is 3.21. The summed E-state index contributed by atoms with van der Waals surface area (Å²) in [6, 6.07) is 1.82. The molecule has 0 saturated heterocycles. The maximum atomic E-state index is 11.6. The fourth-order valence-corrected chi connectivity index (χ4v) is 2.78. The molecular formula is C12H16N6O2. The van der Waals surface area contributed by atoms with E-state index in [1.54, 1.807) is 15.6 Å². The second kappa shape index (κ2) is 5.03. The Hall–Kier alpha value is -2.25. The zero-order valence-electron chi connectivity index (χ0n) is 11.0. The molecule has 8 heteroatoms. The highest BCUT2D eigenvalue weighted by molar-refractivity contribution is 5.74. The van der Waals surface area contributed by atoms with Crippen LogP contribution in [0.5, 0.6) is 0 Å². The molecule has 3 rings (SSSR count). The Morgan fingerprint density at radius 3 is 2.85 bits per heavy atom. The standard InChI is InChI=1S/C12H16N6O2/c19-11(20)12(4-1-2-5-12)9-18-10(14-15-16-18)8-17-7-3-6-13-17/h3,6-7H,1-2,4-5,8-9H2,(H,19,20). The third-order valence-electron chi connectivity index (χ3n) is 3.94. The summed E-state index contributed by atoms with van der Waals surface area (Å²) in [5.74, 6) is -0.128. The number of carboxylic acids is 1. The average Bonchev–Trinajstić information content (AvgIpc) is 3.14. The molecule has 1 saturated carbocycles. The van der Waals surface area contributed by atoms with Crippen molar-refractivity contribution >= 4 is 5.97 Å². The highest BCUT2D eigenvalue weighted by Gasteiger charge is 2.42. The first-order valence-corrected chi connectivity index (χ1v) is 6.65.